The quantitative estimate of drug-likeness (QED) is 0.884. The Hall–Kier alpha value is -1.80. The fourth-order valence-electron chi connectivity index (χ4n) is 2.40. The van der Waals surface area contributed by atoms with Crippen LogP contribution in [0.1, 0.15) is 42.0 Å². The molecule has 0 bridgehead atoms. The molecule has 2 aromatic rings. The van der Waals surface area contributed by atoms with Gasteiger partial charge in [0.1, 0.15) is 12.4 Å². The molecule has 2 N–H and O–H groups in total. The van der Waals surface area contributed by atoms with Crippen molar-refractivity contribution in [2.75, 3.05) is 0 Å². The highest BCUT2D eigenvalue weighted by atomic mass is 16.5. The summed E-state index contributed by atoms with van der Waals surface area (Å²) in [7, 11) is 0. The van der Waals surface area contributed by atoms with Crippen molar-refractivity contribution in [3.63, 3.8) is 0 Å². The minimum Gasteiger partial charge on any atom is -0.489 e. The average molecular weight is 269 g/mol. The molecule has 0 spiro atoms. The van der Waals surface area contributed by atoms with Crippen LogP contribution >= 0.6 is 0 Å². The first-order chi connectivity index (χ1) is 9.60. The van der Waals surface area contributed by atoms with E-state index in [2.05, 4.69) is 51.1 Å². The fraction of sp³-hybridized carbons (Fsp3) is 0.333. The van der Waals surface area contributed by atoms with Crippen molar-refractivity contribution in [3.05, 3.63) is 64.7 Å². The number of rotatable bonds is 5. The number of hydrogen-bond acceptors (Lipinski definition) is 2. The summed E-state index contributed by atoms with van der Waals surface area (Å²) < 4.78 is 5.87. The second-order valence-electron chi connectivity index (χ2n) is 5.49. The van der Waals surface area contributed by atoms with E-state index in [1.807, 2.05) is 12.1 Å². The van der Waals surface area contributed by atoms with E-state index in [9.17, 15) is 0 Å². The predicted octanol–water partition coefficient (Wildman–Crippen LogP) is 4.16. The molecule has 20 heavy (non-hydrogen) atoms. The third-order valence-corrected chi connectivity index (χ3v) is 3.50. The Morgan fingerprint density at radius 2 is 1.80 bits per heavy atom. The molecule has 0 amide bonds. The van der Waals surface area contributed by atoms with Crippen molar-refractivity contribution in [3.8, 4) is 5.75 Å². The number of benzene rings is 2. The van der Waals surface area contributed by atoms with Gasteiger partial charge in [-0.1, -0.05) is 44.2 Å². The molecule has 2 heteroatoms. The molecule has 0 aliphatic carbocycles. The van der Waals surface area contributed by atoms with Gasteiger partial charge in [0.25, 0.3) is 0 Å². The topological polar surface area (TPSA) is 35.2 Å². The molecule has 0 aliphatic heterocycles. The van der Waals surface area contributed by atoms with Crippen molar-refractivity contribution in [1.82, 2.24) is 0 Å². The molecular formula is C18H23NO. The average Bonchev–Trinajstić information content (AvgIpc) is 2.45. The minimum atomic E-state index is 0.547. The van der Waals surface area contributed by atoms with Gasteiger partial charge in [0.2, 0.25) is 0 Å². The van der Waals surface area contributed by atoms with Crippen molar-refractivity contribution >= 4 is 0 Å². The lowest BCUT2D eigenvalue weighted by Gasteiger charge is -2.12. The first kappa shape index (κ1) is 14.6. The van der Waals surface area contributed by atoms with Gasteiger partial charge < -0.3 is 10.5 Å². The van der Waals surface area contributed by atoms with Gasteiger partial charge in [0.05, 0.1) is 0 Å². The summed E-state index contributed by atoms with van der Waals surface area (Å²) in [5.41, 5.74) is 10.6. The molecule has 0 fully saturated rings. The third kappa shape index (κ3) is 3.61. The summed E-state index contributed by atoms with van der Waals surface area (Å²) in [6.07, 6.45) is 0. The van der Waals surface area contributed by atoms with E-state index in [0.717, 1.165) is 16.9 Å². The fourth-order valence-corrected chi connectivity index (χ4v) is 2.40. The second-order valence-corrected chi connectivity index (χ2v) is 5.49. The van der Waals surface area contributed by atoms with Crippen molar-refractivity contribution < 1.29 is 4.74 Å². The van der Waals surface area contributed by atoms with E-state index >= 15 is 0 Å². The standard InChI is InChI=1S/C18H23NO/c1-13(2)18-8-7-17(9-14(18)3)20-12-16-6-4-5-15(10-16)11-19/h4-10,13H,11-12,19H2,1-3H3. The SMILES string of the molecule is Cc1cc(OCc2cccc(CN)c2)ccc1C(C)C. The van der Waals surface area contributed by atoms with E-state index in [0.29, 0.717) is 19.1 Å². The Labute approximate surface area is 121 Å². The number of aryl methyl sites for hydroxylation is 1. The lowest BCUT2D eigenvalue weighted by molar-refractivity contribution is 0.306. The van der Waals surface area contributed by atoms with E-state index < -0.39 is 0 Å². The van der Waals surface area contributed by atoms with Crippen LogP contribution in [0.15, 0.2) is 42.5 Å². The number of hydrogen-bond donors (Lipinski definition) is 1. The van der Waals surface area contributed by atoms with Crippen LogP contribution in [0.5, 0.6) is 5.75 Å². The van der Waals surface area contributed by atoms with Crippen molar-refractivity contribution in [1.29, 1.82) is 0 Å². The molecule has 2 rings (SSSR count). The van der Waals surface area contributed by atoms with Crippen molar-refractivity contribution in [2.45, 2.75) is 39.8 Å². The Bertz CT molecular complexity index is 575. The molecule has 0 aromatic heterocycles. The number of ether oxygens (including phenoxy) is 1. The van der Waals surface area contributed by atoms with Crippen LogP contribution in [0, 0.1) is 6.92 Å². The molecule has 106 valence electrons. The highest BCUT2D eigenvalue weighted by Gasteiger charge is 2.05. The summed E-state index contributed by atoms with van der Waals surface area (Å²) in [5.74, 6) is 1.47. The zero-order chi connectivity index (χ0) is 14.5. The van der Waals surface area contributed by atoms with Crippen LogP contribution in [0.3, 0.4) is 0 Å². The van der Waals surface area contributed by atoms with Gasteiger partial charge in [0.15, 0.2) is 0 Å². The summed E-state index contributed by atoms with van der Waals surface area (Å²) >= 11 is 0. The molecule has 0 aliphatic rings. The molecule has 2 aromatic carbocycles. The zero-order valence-corrected chi connectivity index (χ0v) is 12.5. The highest BCUT2D eigenvalue weighted by molar-refractivity contribution is 5.36. The largest absolute Gasteiger partial charge is 0.489 e. The van der Waals surface area contributed by atoms with Crippen LogP contribution in [0.25, 0.3) is 0 Å². The lowest BCUT2D eigenvalue weighted by atomic mass is 9.98. The van der Waals surface area contributed by atoms with Crippen LogP contribution in [0.4, 0.5) is 0 Å². The molecule has 0 heterocycles. The van der Waals surface area contributed by atoms with E-state index in [1.165, 1.54) is 11.1 Å². The first-order valence-corrected chi connectivity index (χ1v) is 7.11. The van der Waals surface area contributed by atoms with E-state index in [-0.39, 0.29) is 0 Å². The summed E-state index contributed by atoms with van der Waals surface area (Å²) in [4.78, 5) is 0. The predicted molar refractivity (Wildman–Crippen MR) is 83.9 cm³/mol. The second kappa shape index (κ2) is 6.58. The monoisotopic (exact) mass is 269 g/mol. The normalized spacial score (nSPS) is 10.8. The van der Waals surface area contributed by atoms with Crippen LogP contribution < -0.4 is 10.5 Å². The molecule has 0 saturated carbocycles. The summed E-state index contributed by atoms with van der Waals surface area (Å²) in [6.45, 7) is 7.70. The number of nitrogens with two attached hydrogens (primary N) is 1. The smallest absolute Gasteiger partial charge is 0.120 e. The molecule has 2 nitrogen and oxygen atoms in total. The van der Waals surface area contributed by atoms with Crippen LogP contribution in [0.2, 0.25) is 0 Å². The Morgan fingerprint density at radius 3 is 2.45 bits per heavy atom. The zero-order valence-electron chi connectivity index (χ0n) is 12.5. The van der Waals surface area contributed by atoms with Gasteiger partial charge >= 0.3 is 0 Å². The van der Waals surface area contributed by atoms with Gasteiger partial charge in [0, 0.05) is 6.54 Å². The van der Waals surface area contributed by atoms with Crippen LogP contribution in [-0.4, -0.2) is 0 Å². The van der Waals surface area contributed by atoms with Gasteiger partial charge in [-0.25, -0.2) is 0 Å². The highest BCUT2D eigenvalue weighted by Crippen LogP contribution is 2.24. The Morgan fingerprint density at radius 1 is 1.05 bits per heavy atom. The Balaban J connectivity index is 2.05. The molecule has 0 atom stereocenters. The van der Waals surface area contributed by atoms with Crippen molar-refractivity contribution in [2.24, 2.45) is 5.73 Å². The maximum Gasteiger partial charge on any atom is 0.120 e. The molecule has 0 saturated heterocycles. The van der Waals surface area contributed by atoms with Gasteiger partial charge in [-0.3, -0.25) is 0 Å². The maximum atomic E-state index is 5.87. The van der Waals surface area contributed by atoms with Gasteiger partial charge in [-0.2, -0.15) is 0 Å². The Kier molecular flexibility index (Phi) is 4.80. The first-order valence-electron chi connectivity index (χ1n) is 7.11. The summed E-state index contributed by atoms with van der Waals surface area (Å²) in [5, 5.41) is 0. The minimum absolute atomic E-state index is 0.547. The van der Waals surface area contributed by atoms with Crippen LogP contribution in [-0.2, 0) is 13.2 Å². The summed E-state index contributed by atoms with van der Waals surface area (Å²) in [6, 6.07) is 14.5. The molecular weight excluding hydrogens is 246 g/mol. The van der Waals surface area contributed by atoms with E-state index in [4.69, 9.17) is 10.5 Å². The maximum absolute atomic E-state index is 5.87. The molecule has 0 unspecified atom stereocenters. The lowest BCUT2D eigenvalue weighted by Crippen LogP contribution is -2.00. The molecule has 0 radical (unpaired) electrons. The van der Waals surface area contributed by atoms with Gasteiger partial charge in [-0.15, -0.1) is 0 Å². The van der Waals surface area contributed by atoms with Gasteiger partial charge in [-0.05, 0) is 47.2 Å². The third-order valence-electron chi connectivity index (χ3n) is 3.50. The van der Waals surface area contributed by atoms with E-state index in [1.54, 1.807) is 0 Å².